The zero-order valence-corrected chi connectivity index (χ0v) is 12.1. The fourth-order valence-electron chi connectivity index (χ4n) is 2.31. The van der Waals surface area contributed by atoms with Gasteiger partial charge in [0.25, 0.3) is 5.69 Å². The van der Waals surface area contributed by atoms with Crippen LogP contribution in [0.15, 0.2) is 12.1 Å². The van der Waals surface area contributed by atoms with E-state index in [4.69, 9.17) is 11.6 Å². The molecule has 20 heavy (non-hydrogen) atoms. The summed E-state index contributed by atoms with van der Waals surface area (Å²) in [6.07, 6.45) is 1.26. The Kier molecular flexibility index (Phi) is 4.13. The lowest BCUT2D eigenvalue weighted by molar-refractivity contribution is -0.384. The Balaban J connectivity index is 2.16. The molecule has 1 heterocycles. The quantitative estimate of drug-likeness (QED) is 0.687. The molecule has 1 N–H and O–H groups in total. The summed E-state index contributed by atoms with van der Waals surface area (Å²) < 4.78 is 0. The number of amides is 1. The van der Waals surface area contributed by atoms with E-state index in [9.17, 15) is 14.9 Å². The Hall–Kier alpha value is -1.82. The first-order valence-corrected chi connectivity index (χ1v) is 6.71. The van der Waals surface area contributed by atoms with E-state index >= 15 is 0 Å². The van der Waals surface area contributed by atoms with Gasteiger partial charge in [0.2, 0.25) is 5.91 Å². The first-order valence-electron chi connectivity index (χ1n) is 6.33. The SMILES string of the molecule is Cc1cc([N+](=O)[O-])c(Cl)cc1NC1CCC(=O)N(C)C1. The number of carbonyl (C=O) groups is 1. The smallest absolute Gasteiger partial charge is 0.288 e. The Morgan fingerprint density at radius 3 is 2.80 bits per heavy atom. The number of hydrogen-bond donors (Lipinski definition) is 1. The van der Waals surface area contributed by atoms with Crippen LogP contribution in [-0.2, 0) is 4.79 Å². The molecular formula is C13H16ClN3O3. The van der Waals surface area contributed by atoms with Crippen LogP contribution < -0.4 is 5.32 Å². The number of likely N-dealkylation sites (tertiary alicyclic amines) is 1. The third kappa shape index (κ3) is 3.01. The van der Waals surface area contributed by atoms with Gasteiger partial charge < -0.3 is 10.2 Å². The van der Waals surface area contributed by atoms with Crippen LogP contribution in [0.1, 0.15) is 18.4 Å². The molecule has 1 aromatic rings. The van der Waals surface area contributed by atoms with Crippen molar-refractivity contribution in [1.82, 2.24) is 4.90 Å². The number of aryl methyl sites for hydroxylation is 1. The molecule has 7 heteroatoms. The molecule has 6 nitrogen and oxygen atoms in total. The highest BCUT2D eigenvalue weighted by atomic mass is 35.5. The average molecular weight is 298 g/mol. The van der Waals surface area contributed by atoms with Gasteiger partial charge in [0.15, 0.2) is 0 Å². The number of anilines is 1. The molecule has 1 fully saturated rings. The maximum atomic E-state index is 11.4. The van der Waals surface area contributed by atoms with Gasteiger partial charge in [-0.2, -0.15) is 0 Å². The minimum absolute atomic E-state index is 0.0920. The van der Waals surface area contributed by atoms with Crippen molar-refractivity contribution in [3.8, 4) is 0 Å². The van der Waals surface area contributed by atoms with E-state index in [1.807, 2.05) is 0 Å². The molecule has 0 radical (unpaired) electrons. The highest BCUT2D eigenvalue weighted by molar-refractivity contribution is 6.33. The number of nitro benzene ring substituents is 1. The van der Waals surface area contributed by atoms with Crippen molar-refractivity contribution in [2.45, 2.75) is 25.8 Å². The molecule has 1 saturated heterocycles. The van der Waals surface area contributed by atoms with E-state index in [2.05, 4.69) is 5.32 Å². The number of likely N-dealkylation sites (N-methyl/N-ethyl adjacent to an activating group) is 1. The van der Waals surface area contributed by atoms with E-state index < -0.39 is 4.92 Å². The number of nitro groups is 1. The molecule has 2 rings (SSSR count). The van der Waals surface area contributed by atoms with Crippen molar-refractivity contribution in [3.05, 3.63) is 32.8 Å². The van der Waals surface area contributed by atoms with Crippen molar-refractivity contribution in [2.24, 2.45) is 0 Å². The second kappa shape index (κ2) is 5.66. The van der Waals surface area contributed by atoms with Crippen molar-refractivity contribution in [3.63, 3.8) is 0 Å². The Labute approximate surface area is 121 Å². The lowest BCUT2D eigenvalue weighted by Crippen LogP contribution is -2.43. The summed E-state index contributed by atoms with van der Waals surface area (Å²) in [7, 11) is 1.77. The van der Waals surface area contributed by atoms with Crippen molar-refractivity contribution in [2.75, 3.05) is 18.9 Å². The monoisotopic (exact) mass is 297 g/mol. The lowest BCUT2D eigenvalue weighted by atomic mass is 10.0. The Morgan fingerprint density at radius 2 is 2.20 bits per heavy atom. The third-order valence-electron chi connectivity index (χ3n) is 3.48. The number of rotatable bonds is 3. The summed E-state index contributed by atoms with van der Waals surface area (Å²) in [5.74, 6) is 0.140. The van der Waals surface area contributed by atoms with E-state index in [-0.39, 0.29) is 22.7 Å². The standard InChI is InChI=1S/C13H16ClN3O3/c1-8-5-12(17(19)20)10(14)6-11(8)15-9-3-4-13(18)16(2)7-9/h5-6,9,15H,3-4,7H2,1-2H3. The van der Waals surface area contributed by atoms with Gasteiger partial charge in [-0.1, -0.05) is 11.6 Å². The van der Waals surface area contributed by atoms with Gasteiger partial charge in [-0.05, 0) is 25.0 Å². The van der Waals surface area contributed by atoms with Crippen LogP contribution in [0.25, 0.3) is 0 Å². The van der Waals surface area contributed by atoms with Gasteiger partial charge in [0.05, 0.1) is 4.92 Å². The van der Waals surface area contributed by atoms with E-state index in [0.29, 0.717) is 13.0 Å². The first-order chi connectivity index (χ1) is 9.38. The summed E-state index contributed by atoms with van der Waals surface area (Å²) in [5.41, 5.74) is 1.44. The molecule has 108 valence electrons. The van der Waals surface area contributed by atoms with Gasteiger partial charge in [-0.15, -0.1) is 0 Å². The van der Waals surface area contributed by atoms with Gasteiger partial charge in [-0.25, -0.2) is 0 Å². The zero-order valence-electron chi connectivity index (χ0n) is 11.4. The summed E-state index contributed by atoms with van der Waals surface area (Å²) in [5, 5.41) is 14.2. The minimum Gasteiger partial charge on any atom is -0.380 e. The molecule has 0 saturated carbocycles. The molecule has 1 aromatic carbocycles. The summed E-state index contributed by atoms with van der Waals surface area (Å²) in [6, 6.07) is 3.17. The fraction of sp³-hybridized carbons (Fsp3) is 0.462. The Bertz CT molecular complexity index is 562. The molecule has 0 bridgehead atoms. The van der Waals surface area contributed by atoms with Crippen molar-refractivity contribution >= 4 is 28.9 Å². The topological polar surface area (TPSA) is 75.5 Å². The summed E-state index contributed by atoms with van der Waals surface area (Å²) in [6.45, 7) is 2.41. The lowest BCUT2D eigenvalue weighted by Gasteiger charge is -2.31. The number of piperidine rings is 1. The molecule has 0 aromatic heterocycles. The van der Waals surface area contributed by atoms with E-state index in [0.717, 1.165) is 17.7 Å². The maximum absolute atomic E-state index is 11.4. The predicted molar refractivity (Wildman–Crippen MR) is 77.1 cm³/mol. The van der Waals surface area contributed by atoms with Gasteiger partial charge in [0, 0.05) is 37.8 Å². The fourth-order valence-corrected chi connectivity index (χ4v) is 2.54. The average Bonchev–Trinajstić information content (AvgIpc) is 2.37. The van der Waals surface area contributed by atoms with Crippen LogP contribution in [-0.4, -0.2) is 35.4 Å². The third-order valence-corrected chi connectivity index (χ3v) is 3.78. The maximum Gasteiger partial charge on any atom is 0.288 e. The van der Waals surface area contributed by atoms with Crippen molar-refractivity contribution < 1.29 is 9.72 Å². The number of halogens is 1. The van der Waals surface area contributed by atoms with Gasteiger partial charge in [-0.3, -0.25) is 14.9 Å². The van der Waals surface area contributed by atoms with Crippen LogP contribution in [0, 0.1) is 17.0 Å². The molecule has 1 amide bonds. The van der Waals surface area contributed by atoms with Crippen LogP contribution in [0.2, 0.25) is 5.02 Å². The van der Waals surface area contributed by atoms with Crippen LogP contribution >= 0.6 is 11.6 Å². The van der Waals surface area contributed by atoms with Crippen molar-refractivity contribution in [1.29, 1.82) is 0 Å². The number of nitrogens with one attached hydrogen (secondary N) is 1. The predicted octanol–water partition coefficient (Wildman–Crippen LogP) is 2.59. The zero-order chi connectivity index (χ0) is 14.9. The Morgan fingerprint density at radius 1 is 1.50 bits per heavy atom. The molecule has 0 aliphatic carbocycles. The van der Waals surface area contributed by atoms with E-state index in [1.54, 1.807) is 24.9 Å². The van der Waals surface area contributed by atoms with Crippen LogP contribution in [0.5, 0.6) is 0 Å². The minimum atomic E-state index is -0.494. The molecular weight excluding hydrogens is 282 g/mol. The molecule has 1 aliphatic heterocycles. The normalized spacial score (nSPS) is 19.1. The van der Waals surface area contributed by atoms with Gasteiger partial charge in [0.1, 0.15) is 5.02 Å². The largest absolute Gasteiger partial charge is 0.380 e. The molecule has 0 spiro atoms. The number of nitrogens with zero attached hydrogens (tertiary/aromatic N) is 2. The number of hydrogen-bond acceptors (Lipinski definition) is 4. The second-order valence-corrected chi connectivity index (χ2v) is 5.44. The molecule has 1 atom stereocenters. The van der Waals surface area contributed by atoms with Gasteiger partial charge >= 0.3 is 0 Å². The molecule has 1 unspecified atom stereocenters. The number of benzene rings is 1. The highest BCUT2D eigenvalue weighted by Gasteiger charge is 2.24. The first kappa shape index (κ1) is 14.6. The number of carbonyl (C=O) groups excluding carboxylic acids is 1. The molecule has 1 aliphatic rings. The summed E-state index contributed by atoms with van der Waals surface area (Å²) >= 11 is 5.92. The second-order valence-electron chi connectivity index (χ2n) is 5.03. The highest BCUT2D eigenvalue weighted by Crippen LogP contribution is 2.31. The van der Waals surface area contributed by atoms with Crippen LogP contribution in [0.4, 0.5) is 11.4 Å². The van der Waals surface area contributed by atoms with E-state index in [1.165, 1.54) is 6.07 Å². The van der Waals surface area contributed by atoms with Crippen LogP contribution in [0.3, 0.4) is 0 Å². The summed E-state index contributed by atoms with van der Waals surface area (Å²) in [4.78, 5) is 23.4.